The molecule has 0 fully saturated rings. The van der Waals surface area contributed by atoms with Crippen molar-refractivity contribution in [3.05, 3.63) is 6.42 Å². The normalized spacial score (nSPS) is 10.3. The van der Waals surface area contributed by atoms with Crippen LogP contribution in [0.4, 0.5) is 0 Å². The van der Waals surface area contributed by atoms with Crippen LogP contribution in [0, 0.1) is 6.42 Å². The van der Waals surface area contributed by atoms with E-state index in [1.165, 1.54) is 0 Å². The zero-order chi connectivity index (χ0) is 9.40. The van der Waals surface area contributed by atoms with E-state index in [0.717, 1.165) is 25.7 Å². The van der Waals surface area contributed by atoms with Crippen molar-refractivity contribution in [2.45, 2.75) is 52.5 Å². The highest BCUT2D eigenvalue weighted by Crippen LogP contribution is 1.98. The summed E-state index contributed by atoms with van der Waals surface area (Å²) in [5, 5.41) is 2.96. The lowest BCUT2D eigenvalue weighted by atomic mass is 10.1. The van der Waals surface area contributed by atoms with Gasteiger partial charge in [0.15, 0.2) is 0 Å². The van der Waals surface area contributed by atoms with Gasteiger partial charge in [0, 0.05) is 12.5 Å². The molecule has 0 heterocycles. The third-order valence-corrected chi connectivity index (χ3v) is 1.95. The molecule has 0 atom stereocenters. The fourth-order valence-corrected chi connectivity index (χ4v) is 1.03. The zero-order valence-electron chi connectivity index (χ0n) is 8.39. The number of hydrogen-bond donors (Lipinski definition) is 1. The Kier molecular flexibility index (Phi) is 6.82. The molecule has 0 bridgehead atoms. The van der Waals surface area contributed by atoms with Gasteiger partial charge in [-0.25, -0.2) is 0 Å². The van der Waals surface area contributed by atoms with Gasteiger partial charge in [0.2, 0.25) is 5.91 Å². The quantitative estimate of drug-likeness (QED) is 0.651. The van der Waals surface area contributed by atoms with Gasteiger partial charge >= 0.3 is 0 Å². The monoisotopic (exact) mass is 170 g/mol. The second-order valence-electron chi connectivity index (χ2n) is 3.01. The fraction of sp³-hybridized carbons (Fsp3) is 0.800. The third kappa shape index (κ3) is 5.16. The lowest BCUT2D eigenvalue weighted by Crippen LogP contribution is -2.33. The lowest BCUT2D eigenvalue weighted by Gasteiger charge is -2.13. The number of carbonyl (C=O) groups excluding carboxylic acids is 1. The Morgan fingerprint density at radius 3 is 2.33 bits per heavy atom. The highest BCUT2D eigenvalue weighted by Gasteiger charge is 2.06. The standard InChI is InChI=1S/C10H20NO/c1-4-7-8-10(12)11-9(5-2)6-3/h8-9H,4-7H2,1-3H3,(H,11,12). The molecule has 2 heteroatoms. The Morgan fingerprint density at radius 2 is 1.92 bits per heavy atom. The Hall–Kier alpha value is -0.530. The second kappa shape index (κ2) is 7.14. The summed E-state index contributed by atoms with van der Waals surface area (Å²) in [6, 6.07) is 0.352. The number of carbonyl (C=O) groups is 1. The van der Waals surface area contributed by atoms with E-state index in [1.54, 1.807) is 6.42 Å². The zero-order valence-corrected chi connectivity index (χ0v) is 8.39. The van der Waals surface area contributed by atoms with Gasteiger partial charge in [-0.3, -0.25) is 4.79 Å². The van der Waals surface area contributed by atoms with Crippen molar-refractivity contribution in [2.75, 3.05) is 0 Å². The van der Waals surface area contributed by atoms with E-state index in [1.807, 2.05) is 0 Å². The van der Waals surface area contributed by atoms with Crippen LogP contribution in [-0.2, 0) is 4.79 Å². The van der Waals surface area contributed by atoms with Crippen molar-refractivity contribution >= 4 is 5.91 Å². The molecule has 12 heavy (non-hydrogen) atoms. The third-order valence-electron chi connectivity index (χ3n) is 1.95. The van der Waals surface area contributed by atoms with E-state index >= 15 is 0 Å². The maximum atomic E-state index is 11.2. The predicted octanol–water partition coefficient (Wildman–Crippen LogP) is 2.30. The fourth-order valence-electron chi connectivity index (χ4n) is 1.03. The first-order valence-electron chi connectivity index (χ1n) is 4.88. The molecule has 0 unspecified atom stereocenters. The first-order valence-corrected chi connectivity index (χ1v) is 4.88. The maximum Gasteiger partial charge on any atom is 0.224 e. The smallest absolute Gasteiger partial charge is 0.224 e. The highest BCUT2D eigenvalue weighted by molar-refractivity contribution is 5.84. The summed E-state index contributed by atoms with van der Waals surface area (Å²) in [5.41, 5.74) is 0. The van der Waals surface area contributed by atoms with Crippen molar-refractivity contribution < 1.29 is 4.79 Å². The first kappa shape index (κ1) is 11.5. The largest absolute Gasteiger partial charge is 0.353 e. The maximum absolute atomic E-state index is 11.2. The predicted molar refractivity (Wildman–Crippen MR) is 51.7 cm³/mol. The second-order valence-corrected chi connectivity index (χ2v) is 3.01. The topological polar surface area (TPSA) is 29.1 Å². The average molecular weight is 170 g/mol. The van der Waals surface area contributed by atoms with E-state index in [2.05, 4.69) is 26.1 Å². The SMILES string of the molecule is CCC[CH]C(=O)NC(CC)CC. The average Bonchev–Trinajstić information content (AvgIpc) is 2.10. The van der Waals surface area contributed by atoms with Crippen LogP contribution in [0.1, 0.15) is 46.5 Å². The van der Waals surface area contributed by atoms with Crippen LogP contribution >= 0.6 is 0 Å². The summed E-state index contributed by atoms with van der Waals surface area (Å²) in [4.78, 5) is 11.2. The van der Waals surface area contributed by atoms with Crippen molar-refractivity contribution in [3.8, 4) is 0 Å². The van der Waals surface area contributed by atoms with Crippen LogP contribution < -0.4 is 5.32 Å². The molecule has 0 aromatic rings. The molecule has 71 valence electrons. The minimum Gasteiger partial charge on any atom is -0.353 e. The molecular formula is C10H20NO. The van der Waals surface area contributed by atoms with Crippen LogP contribution in [0.25, 0.3) is 0 Å². The van der Waals surface area contributed by atoms with Gasteiger partial charge in [-0.1, -0.05) is 27.2 Å². The Bertz CT molecular complexity index is 119. The molecule has 1 N–H and O–H groups in total. The lowest BCUT2D eigenvalue weighted by molar-refractivity contribution is -0.118. The van der Waals surface area contributed by atoms with Gasteiger partial charge in [0.05, 0.1) is 0 Å². The molecule has 0 aliphatic heterocycles. The highest BCUT2D eigenvalue weighted by atomic mass is 16.1. The minimum atomic E-state index is 0.0885. The molecular weight excluding hydrogens is 150 g/mol. The van der Waals surface area contributed by atoms with Crippen molar-refractivity contribution in [2.24, 2.45) is 0 Å². The Labute approximate surface area is 75.7 Å². The number of unbranched alkanes of at least 4 members (excludes halogenated alkanes) is 1. The molecule has 0 rings (SSSR count). The summed E-state index contributed by atoms with van der Waals surface area (Å²) in [5.74, 6) is 0.0885. The molecule has 0 spiro atoms. The Balaban J connectivity index is 3.52. The van der Waals surface area contributed by atoms with Gasteiger partial charge in [0.1, 0.15) is 0 Å². The summed E-state index contributed by atoms with van der Waals surface area (Å²) in [7, 11) is 0. The molecule has 0 aromatic heterocycles. The van der Waals surface area contributed by atoms with E-state index in [0.29, 0.717) is 6.04 Å². The van der Waals surface area contributed by atoms with Gasteiger partial charge < -0.3 is 5.32 Å². The van der Waals surface area contributed by atoms with E-state index < -0.39 is 0 Å². The molecule has 1 amide bonds. The molecule has 0 aliphatic rings. The van der Waals surface area contributed by atoms with Crippen LogP contribution in [-0.4, -0.2) is 11.9 Å². The molecule has 2 nitrogen and oxygen atoms in total. The summed E-state index contributed by atoms with van der Waals surface area (Å²) < 4.78 is 0. The molecule has 0 aliphatic carbocycles. The minimum absolute atomic E-state index is 0.0885. The molecule has 1 radical (unpaired) electrons. The number of nitrogens with one attached hydrogen (secondary N) is 1. The van der Waals surface area contributed by atoms with Crippen LogP contribution in [0.15, 0.2) is 0 Å². The number of hydrogen-bond acceptors (Lipinski definition) is 1. The van der Waals surface area contributed by atoms with Crippen molar-refractivity contribution in [1.29, 1.82) is 0 Å². The summed E-state index contributed by atoms with van der Waals surface area (Å²) in [6.07, 6.45) is 5.69. The van der Waals surface area contributed by atoms with Crippen molar-refractivity contribution in [1.82, 2.24) is 5.32 Å². The first-order chi connectivity index (χ1) is 5.74. The van der Waals surface area contributed by atoms with Gasteiger partial charge in [-0.2, -0.15) is 0 Å². The number of amides is 1. The number of rotatable bonds is 6. The van der Waals surface area contributed by atoms with E-state index in [4.69, 9.17) is 0 Å². The van der Waals surface area contributed by atoms with Crippen molar-refractivity contribution in [3.63, 3.8) is 0 Å². The Morgan fingerprint density at radius 1 is 1.33 bits per heavy atom. The summed E-state index contributed by atoms with van der Waals surface area (Å²) in [6.45, 7) is 6.25. The molecule has 0 saturated heterocycles. The van der Waals surface area contributed by atoms with Gasteiger partial charge in [-0.15, -0.1) is 0 Å². The van der Waals surface area contributed by atoms with Crippen LogP contribution in [0.2, 0.25) is 0 Å². The van der Waals surface area contributed by atoms with Gasteiger partial charge in [0.25, 0.3) is 0 Å². The molecule has 0 saturated carbocycles. The van der Waals surface area contributed by atoms with E-state index in [9.17, 15) is 4.79 Å². The van der Waals surface area contributed by atoms with E-state index in [-0.39, 0.29) is 5.91 Å². The van der Waals surface area contributed by atoms with Crippen LogP contribution in [0.5, 0.6) is 0 Å². The van der Waals surface area contributed by atoms with Crippen LogP contribution in [0.3, 0.4) is 0 Å². The summed E-state index contributed by atoms with van der Waals surface area (Å²) >= 11 is 0. The van der Waals surface area contributed by atoms with Gasteiger partial charge in [-0.05, 0) is 19.3 Å². The molecule has 0 aromatic carbocycles.